The van der Waals surface area contributed by atoms with Gasteiger partial charge in [-0.2, -0.15) is 0 Å². The van der Waals surface area contributed by atoms with Crippen molar-refractivity contribution in [2.45, 2.75) is 31.7 Å². The van der Waals surface area contributed by atoms with Crippen molar-refractivity contribution >= 4 is 23.4 Å². The number of anilines is 1. The van der Waals surface area contributed by atoms with Crippen molar-refractivity contribution < 1.29 is 23.9 Å². The van der Waals surface area contributed by atoms with Gasteiger partial charge in [-0.05, 0) is 73.1 Å². The summed E-state index contributed by atoms with van der Waals surface area (Å²) in [5.74, 6) is 1.06. The molecular formula is C31H30N2O5. The van der Waals surface area contributed by atoms with Crippen LogP contribution >= 0.6 is 0 Å². The van der Waals surface area contributed by atoms with Crippen molar-refractivity contribution in [1.82, 2.24) is 4.90 Å². The van der Waals surface area contributed by atoms with Crippen LogP contribution in [0.25, 0.3) is 0 Å². The van der Waals surface area contributed by atoms with Crippen LogP contribution in [0.4, 0.5) is 5.69 Å². The molecule has 0 unspecified atom stereocenters. The Labute approximate surface area is 221 Å². The number of hydrogen-bond acceptors (Lipinski definition) is 5. The minimum atomic E-state index is -0.910. The second-order valence-corrected chi connectivity index (χ2v) is 10.4. The fourth-order valence-corrected chi connectivity index (χ4v) is 6.54. The molecule has 5 atom stereocenters. The molecule has 2 aliphatic carbocycles. The highest BCUT2D eigenvalue weighted by Gasteiger charge is 2.62. The maximum atomic E-state index is 13.6. The van der Waals surface area contributed by atoms with Crippen molar-refractivity contribution in [3.63, 3.8) is 0 Å². The molecule has 2 saturated carbocycles. The summed E-state index contributed by atoms with van der Waals surface area (Å²) < 4.78 is 11.3. The number of ether oxygens (including phenoxy) is 2. The molecule has 3 aliphatic rings. The van der Waals surface area contributed by atoms with Crippen LogP contribution in [-0.4, -0.2) is 35.8 Å². The zero-order valence-electron chi connectivity index (χ0n) is 21.2. The minimum Gasteiger partial charge on any atom is -0.493 e. The second kappa shape index (κ2) is 9.97. The van der Waals surface area contributed by atoms with Crippen LogP contribution < -0.4 is 14.8 Å². The summed E-state index contributed by atoms with van der Waals surface area (Å²) in [6, 6.07) is 23.0. The number of hydrogen-bond donors (Lipinski definition) is 1. The van der Waals surface area contributed by atoms with Crippen molar-refractivity contribution in [1.29, 1.82) is 0 Å². The van der Waals surface area contributed by atoms with Crippen LogP contribution in [0.15, 0.2) is 78.9 Å². The van der Waals surface area contributed by atoms with E-state index in [-0.39, 0.29) is 47.8 Å². The maximum absolute atomic E-state index is 13.6. The van der Waals surface area contributed by atoms with Crippen LogP contribution in [0.1, 0.15) is 24.8 Å². The van der Waals surface area contributed by atoms with E-state index < -0.39 is 6.04 Å². The van der Waals surface area contributed by atoms with E-state index in [1.54, 1.807) is 31.4 Å². The highest BCUT2D eigenvalue weighted by molar-refractivity contribution is 6.10. The average Bonchev–Trinajstić information content (AvgIpc) is 3.63. The summed E-state index contributed by atoms with van der Waals surface area (Å²) in [5.41, 5.74) is 1.45. The number of imide groups is 1. The molecule has 0 aromatic heterocycles. The highest BCUT2D eigenvalue weighted by atomic mass is 16.5. The van der Waals surface area contributed by atoms with Gasteiger partial charge in [0.25, 0.3) is 0 Å². The molecule has 1 saturated heterocycles. The third-order valence-corrected chi connectivity index (χ3v) is 8.27. The third-order valence-electron chi connectivity index (χ3n) is 8.27. The number of fused-ring (bicyclic) bond motifs is 5. The van der Waals surface area contributed by atoms with E-state index >= 15 is 0 Å². The van der Waals surface area contributed by atoms with Gasteiger partial charge >= 0.3 is 0 Å². The summed E-state index contributed by atoms with van der Waals surface area (Å²) in [5, 5.41) is 2.93. The van der Waals surface area contributed by atoms with E-state index in [4.69, 9.17) is 9.47 Å². The number of nitrogens with zero attached hydrogens (tertiary/aromatic N) is 1. The molecule has 38 heavy (non-hydrogen) atoms. The summed E-state index contributed by atoms with van der Waals surface area (Å²) in [6.45, 7) is 0. The van der Waals surface area contributed by atoms with Gasteiger partial charge in [-0.15, -0.1) is 0 Å². The predicted octanol–water partition coefficient (Wildman–Crippen LogP) is 5.07. The van der Waals surface area contributed by atoms with Gasteiger partial charge in [-0.3, -0.25) is 19.3 Å². The van der Waals surface area contributed by atoms with Crippen LogP contribution in [0.5, 0.6) is 17.2 Å². The number of likely N-dealkylation sites (tertiary alicyclic amines) is 1. The normalized spacial score (nSPS) is 24.3. The molecule has 1 N–H and O–H groups in total. The Bertz CT molecular complexity index is 1330. The molecule has 7 nitrogen and oxygen atoms in total. The fourth-order valence-electron chi connectivity index (χ4n) is 6.54. The molecule has 3 aromatic rings. The zero-order chi connectivity index (χ0) is 26.2. The summed E-state index contributed by atoms with van der Waals surface area (Å²) in [4.78, 5) is 42.0. The Morgan fingerprint density at radius 3 is 2.11 bits per heavy atom. The first kappa shape index (κ1) is 24.2. The molecular weight excluding hydrogens is 480 g/mol. The van der Waals surface area contributed by atoms with Crippen molar-refractivity contribution in [2.75, 3.05) is 12.4 Å². The number of rotatable bonds is 8. The van der Waals surface area contributed by atoms with E-state index in [0.717, 1.165) is 24.8 Å². The number of para-hydroxylation sites is 2. The SMILES string of the molecule is COc1ccccc1Oc1ccc(NC(=O)[C@H](Cc2ccccc2)N2C(=O)[C@@H]3[C@H]4CC[C@H](C4)[C@@H]3C2=O)cc1. The fraction of sp³-hybridized carbons (Fsp3) is 0.323. The quantitative estimate of drug-likeness (QED) is 0.428. The first-order valence-electron chi connectivity index (χ1n) is 13.2. The number of benzene rings is 3. The van der Waals surface area contributed by atoms with Crippen molar-refractivity contribution in [2.24, 2.45) is 23.7 Å². The van der Waals surface area contributed by atoms with Gasteiger partial charge in [-0.1, -0.05) is 42.5 Å². The number of amides is 3. The van der Waals surface area contributed by atoms with Crippen LogP contribution in [0.3, 0.4) is 0 Å². The Kier molecular flexibility index (Phi) is 6.35. The number of methoxy groups -OCH3 is 1. The lowest BCUT2D eigenvalue weighted by Gasteiger charge is -2.27. The molecule has 194 valence electrons. The van der Waals surface area contributed by atoms with Crippen molar-refractivity contribution in [3.8, 4) is 17.2 Å². The first-order valence-corrected chi connectivity index (χ1v) is 13.2. The molecule has 3 aromatic carbocycles. The molecule has 0 radical (unpaired) electrons. The highest BCUT2D eigenvalue weighted by Crippen LogP contribution is 2.56. The lowest BCUT2D eigenvalue weighted by atomic mass is 9.81. The number of nitrogens with one attached hydrogen (secondary N) is 1. The van der Waals surface area contributed by atoms with E-state index in [2.05, 4.69) is 5.32 Å². The smallest absolute Gasteiger partial charge is 0.248 e. The van der Waals surface area contributed by atoms with Gasteiger partial charge in [0.2, 0.25) is 17.7 Å². The van der Waals surface area contributed by atoms with Gasteiger partial charge in [0.15, 0.2) is 11.5 Å². The zero-order valence-corrected chi connectivity index (χ0v) is 21.2. The Morgan fingerprint density at radius 2 is 1.47 bits per heavy atom. The molecule has 1 aliphatic heterocycles. The van der Waals surface area contributed by atoms with E-state index in [9.17, 15) is 14.4 Å². The predicted molar refractivity (Wildman–Crippen MR) is 142 cm³/mol. The number of carbonyl (C=O) groups excluding carboxylic acids is 3. The summed E-state index contributed by atoms with van der Waals surface area (Å²) in [6.07, 6.45) is 3.22. The van der Waals surface area contributed by atoms with Gasteiger partial charge in [-0.25, -0.2) is 0 Å². The summed E-state index contributed by atoms with van der Waals surface area (Å²) in [7, 11) is 1.58. The second-order valence-electron chi connectivity index (χ2n) is 10.4. The van der Waals surface area contributed by atoms with Gasteiger partial charge < -0.3 is 14.8 Å². The first-order chi connectivity index (χ1) is 18.5. The molecule has 1 heterocycles. The monoisotopic (exact) mass is 510 g/mol. The number of carbonyl (C=O) groups is 3. The Hall–Kier alpha value is -4.13. The van der Waals surface area contributed by atoms with E-state index in [1.807, 2.05) is 54.6 Å². The van der Waals surface area contributed by atoms with Gasteiger partial charge in [0, 0.05) is 12.1 Å². The minimum absolute atomic E-state index is 0.177. The van der Waals surface area contributed by atoms with Crippen LogP contribution in [0, 0.1) is 23.7 Å². The van der Waals surface area contributed by atoms with Gasteiger partial charge in [0.1, 0.15) is 11.8 Å². The Morgan fingerprint density at radius 1 is 0.868 bits per heavy atom. The maximum Gasteiger partial charge on any atom is 0.248 e. The van der Waals surface area contributed by atoms with E-state index in [1.165, 1.54) is 4.90 Å². The third kappa shape index (κ3) is 4.32. The largest absolute Gasteiger partial charge is 0.493 e. The van der Waals surface area contributed by atoms with Gasteiger partial charge in [0.05, 0.1) is 18.9 Å². The average molecular weight is 511 g/mol. The lowest BCUT2D eigenvalue weighted by molar-refractivity contribution is -0.147. The molecule has 3 amide bonds. The molecule has 3 fully saturated rings. The molecule has 2 bridgehead atoms. The topological polar surface area (TPSA) is 84.9 Å². The molecule has 0 spiro atoms. The molecule has 6 rings (SSSR count). The standard InChI is InChI=1S/C31H30N2O5/c1-37-25-9-5-6-10-26(25)38-23-15-13-22(14-16-23)32-29(34)24(17-19-7-3-2-4-8-19)33-30(35)27-20-11-12-21(18-20)28(27)31(33)36/h2-10,13-16,20-21,24,27-28H,11-12,17-18H2,1H3,(H,32,34)/t20-,21+,24-,27+,28-/m0/s1. The summed E-state index contributed by atoms with van der Waals surface area (Å²) >= 11 is 0. The van der Waals surface area contributed by atoms with Crippen molar-refractivity contribution in [3.05, 3.63) is 84.4 Å². The van der Waals surface area contributed by atoms with Crippen LogP contribution in [0.2, 0.25) is 0 Å². The van der Waals surface area contributed by atoms with Crippen LogP contribution in [-0.2, 0) is 20.8 Å². The van der Waals surface area contributed by atoms with E-state index in [0.29, 0.717) is 22.9 Å². The molecule has 7 heteroatoms. The lowest BCUT2D eigenvalue weighted by Crippen LogP contribution is -2.49. The Balaban J connectivity index is 1.22.